The highest BCUT2D eigenvalue weighted by Gasteiger charge is 2.16. The normalized spacial score (nSPS) is 11.6. The van der Waals surface area contributed by atoms with Gasteiger partial charge in [-0.15, -0.1) is 0 Å². The van der Waals surface area contributed by atoms with Crippen molar-refractivity contribution in [3.63, 3.8) is 0 Å². The third kappa shape index (κ3) is 5.10. The fourth-order valence-corrected chi connectivity index (χ4v) is 0.608. The highest BCUT2D eigenvalue weighted by atomic mass is 32.2. The topological polar surface area (TPSA) is 86.4 Å². The van der Waals surface area contributed by atoms with E-state index >= 15 is 0 Å². The van der Waals surface area contributed by atoms with E-state index in [9.17, 15) is 13.2 Å². The lowest BCUT2D eigenvalue weighted by Gasteiger charge is -1.96. The van der Waals surface area contributed by atoms with Gasteiger partial charge in [0.05, 0.1) is 18.0 Å². The van der Waals surface area contributed by atoms with Crippen molar-refractivity contribution in [2.45, 2.75) is 6.92 Å². The largest absolute Gasteiger partial charge is 0.470 e. The molecule has 0 heterocycles. The molecule has 0 unspecified atom stereocenters. The summed E-state index contributed by atoms with van der Waals surface area (Å²) in [5, 5.41) is 2.83. The van der Waals surface area contributed by atoms with Crippen LogP contribution in [0.15, 0.2) is 5.16 Å². The molecule has 0 aliphatic heterocycles. The maximum absolute atomic E-state index is 10.8. The quantitative estimate of drug-likeness (QED) is 0.215. The Labute approximate surface area is 81.2 Å². The predicted octanol–water partition coefficient (Wildman–Crippen LogP) is -0.242. The number of hydrogen-bond acceptors (Lipinski definition) is 6. The first-order valence-corrected chi connectivity index (χ1v) is 5.23. The second-order valence-electron chi connectivity index (χ2n) is 2.03. The van der Waals surface area contributed by atoms with Crippen LogP contribution in [0.3, 0.4) is 0 Å². The van der Waals surface area contributed by atoms with E-state index in [1.807, 2.05) is 0 Å². The van der Waals surface area contributed by atoms with Crippen molar-refractivity contribution < 1.29 is 22.2 Å². The summed E-state index contributed by atoms with van der Waals surface area (Å²) < 4.78 is 29.2. The molecule has 0 radical (unpaired) electrons. The molecule has 0 rings (SSSR count). The number of ether oxygens (including phenoxy) is 1. The Morgan fingerprint density at radius 2 is 2.14 bits per heavy atom. The van der Waals surface area contributed by atoms with Gasteiger partial charge in [0, 0.05) is 0 Å². The average Bonchev–Trinajstić information content (AvgIpc) is 2.03. The number of amidine groups is 1. The van der Waals surface area contributed by atoms with E-state index in [2.05, 4.69) is 19.0 Å². The van der Waals surface area contributed by atoms with Crippen LogP contribution < -0.4 is 0 Å². The van der Waals surface area contributed by atoms with Crippen LogP contribution in [0, 0.1) is 6.57 Å². The van der Waals surface area contributed by atoms with Crippen LogP contribution in [0.2, 0.25) is 0 Å². The zero-order valence-electron chi connectivity index (χ0n) is 7.55. The first kappa shape index (κ1) is 12.4. The third-order valence-corrected chi connectivity index (χ3v) is 1.17. The molecule has 0 bridgehead atoms. The van der Waals surface area contributed by atoms with Crippen molar-refractivity contribution in [3.8, 4) is 0 Å². The van der Waals surface area contributed by atoms with Gasteiger partial charge in [-0.2, -0.15) is 12.7 Å². The van der Waals surface area contributed by atoms with Gasteiger partial charge in [-0.3, -0.25) is 4.79 Å². The summed E-state index contributed by atoms with van der Waals surface area (Å²) >= 11 is 0. The monoisotopic (exact) mass is 220 g/mol. The van der Waals surface area contributed by atoms with Gasteiger partial charge in [-0.05, 0) is 6.92 Å². The van der Waals surface area contributed by atoms with Crippen molar-refractivity contribution in [2.75, 3.05) is 12.9 Å². The lowest BCUT2D eigenvalue weighted by Crippen LogP contribution is -2.15. The van der Waals surface area contributed by atoms with Crippen LogP contribution in [0.25, 0.3) is 4.85 Å². The number of esters is 1. The zero-order chi connectivity index (χ0) is 11.2. The first-order chi connectivity index (χ1) is 6.40. The predicted molar refractivity (Wildman–Crippen MR) is 46.6 cm³/mol. The molecule has 8 heteroatoms. The number of rotatable bonds is 3. The third-order valence-electron chi connectivity index (χ3n) is 0.823. The molecule has 7 nitrogen and oxygen atoms in total. The van der Waals surface area contributed by atoms with Crippen LogP contribution in [-0.2, 0) is 23.9 Å². The fraction of sp³-hybridized carbons (Fsp3) is 0.500. The highest BCUT2D eigenvalue weighted by Crippen LogP contribution is 1.93. The van der Waals surface area contributed by atoms with E-state index in [1.165, 1.54) is 6.92 Å². The molecule has 0 saturated heterocycles. The zero-order valence-corrected chi connectivity index (χ0v) is 8.37. The van der Waals surface area contributed by atoms with Crippen molar-refractivity contribution in [3.05, 3.63) is 11.4 Å². The Morgan fingerprint density at radius 1 is 1.57 bits per heavy atom. The number of nitrogens with zero attached hydrogens (tertiary/aromatic N) is 2. The first-order valence-electron chi connectivity index (χ1n) is 3.42. The van der Waals surface area contributed by atoms with E-state index in [0.717, 1.165) is 6.26 Å². The molecule has 0 amide bonds. The molecular formula is C6H8N2O5S. The van der Waals surface area contributed by atoms with Gasteiger partial charge in [0.1, 0.15) is 0 Å². The van der Waals surface area contributed by atoms with Gasteiger partial charge in [-0.25, -0.2) is 0 Å². The molecule has 0 aromatic carbocycles. The van der Waals surface area contributed by atoms with Gasteiger partial charge in [0.2, 0.25) is 0 Å². The number of hydrogen-bond donors (Lipinski definition) is 0. The molecule has 0 aliphatic carbocycles. The summed E-state index contributed by atoms with van der Waals surface area (Å²) in [5.41, 5.74) is 0. The lowest BCUT2D eigenvalue weighted by atomic mass is 10.6. The Morgan fingerprint density at radius 3 is 2.50 bits per heavy atom. The number of carbonyl (C=O) groups excluding carboxylic acids is 1. The minimum atomic E-state index is -3.82. The molecule has 0 atom stereocenters. The maximum atomic E-state index is 10.8. The Hall–Kier alpha value is -1.62. The Kier molecular flexibility index (Phi) is 4.58. The van der Waals surface area contributed by atoms with Crippen molar-refractivity contribution in [1.82, 2.24) is 0 Å². The molecule has 0 spiro atoms. The SMILES string of the molecule is [C-]#[N+]/C(=N\OS(C)(=O)=O)C(=O)OCC. The van der Waals surface area contributed by atoms with Gasteiger partial charge >= 0.3 is 21.9 Å². The molecule has 0 aromatic rings. The van der Waals surface area contributed by atoms with Crippen molar-refractivity contribution in [2.24, 2.45) is 5.16 Å². The smallest absolute Gasteiger partial charge is 0.400 e. The van der Waals surface area contributed by atoms with E-state index in [0.29, 0.717) is 0 Å². The summed E-state index contributed by atoms with van der Waals surface area (Å²) in [6.07, 6.45) is 0.739. The molecular weight excluding hydrogens is 212 g/mol. The van der Waals surface area contributed by atoms with Gasteiger partial charge in [0.15, 0.2) is 0 Å². The summed E-state index contributed by atoms with van der Waals surface area (Å²) in [4.78, 5) is 13.5. The lowest BCUT2D eigenvalue weighted by molar-refractivity contribution is -0.135. The van der Waals surface area contributed by atoms with Crippen LogP contribution in [-0.4, -0.2) is 33.1 Å². The second kappa shape index (κ2) is 5.18. The molecule has 0 aromatic heterocycles. The van der Waals surface area contributed by atoms with E-state index < -0.39 is 21.9 Å². The fourth-order valence-electron chi connectivity index (χ4n) is 0.402. The summed E-state index contributed by atoms with van der Waals surface area (Å²) in [6.45, 7) is 8.10. The van der Waals surface area contributed by atoms with Crippen LogP contribution >= 0.6 is 0 Å². The summed E-state index contributed by atoms with van der Waals surface area (Å²) in [7, 11) is -3.82. The van der Waals surface area contributed by atoms with Crippen LogP contribution in [0.4, 0.5) is 0 Å². The molecule has 0 aliphatic rings. The van der Waals surface area contributed by atoms with Gasteiger partial charge in [0.25, 0.3) is 0 Å². The maximum Gasteiger partial charge on any atom is 0.400 e. The molecule has 0 fully saturated rings. The molecule has 0 saturated carbocycles. The minimum absolute atomic E-state index is 0.0618. The van der Waals surface area contributed by atoms with Crippen LogP contribution in [0.5, 0.6) is 0 Å². The molecule has 14 heavy (non-hydrogen) atoms. The molecule has 78 valence electrons. The van der Waals surface area contributed by atoms with Crippen molar-refractivity contribution >= 4 is 21.9 Å². The Bertz CT molecular complexity index is 378. The average molecular weight is 220 g/mol. The standard InChI is InChI=1S/C6H8N2O5S/c1-4-12-6(9)5(7-2)8-13-14(3,10)11/h4H2,1,3H3/b8-5-. The minimum Gasteiger partial charge on any atom is -0.470 e. The summed E-state index contributed by atoms with van der Waals surface area (Å²) in [6, 6.07) is 0. The van der Waals surface area contributed by atoms with Gasteiger partial charge in [-0.1, -0.05) is 6.57 Å². The number of carbonyl (C=O) groups is 1. The Balaban J connectivity index is 4.59. The summed E-state index contributed by atoms with van der Waals surface area (Å²) in [5.74, 6) is -1.79. The van der Waals surface area contributed by atoms with Gasteiger partial charge < -0.3 is 9.58 Å². The van der Waals surface area contributed by atoms with Crippen LogP contribution in [0.1, 0.15) is 6.92 Å². The molecule has 0 N–H and O–H groups in total. The van der Waals surface area contributed by atoms with E-state index in [-0.39, 0.29) is 6.61 Å². The van der Waals surface area contributed by atoms with E-state index in [4.69, 9.17) is 6.57 Å². The van der Waals surface area contributed by atoms with E-state index in [1.54, 1.807) is 0 Å². The highest BCUT2D eigenvalue weighted by molar-refractivity contribution is 7.85. The van der Waals surface area contributed by atoms with Crippen molar-refractivity contribution in [1.29, 1.82) is 0 Å². The second-order valence-corrected chi connectivity index (χ2v) is 3.58. The number of oxime groups is 1.